The zero-order valence-electron chi connectivity index (χ0n) is 12.0. The van der Waals surface area contributed by atoms with Gasteiger partial charge >= 0.3 is 6.03 Å². The maximum absolute atomic E-state index is 11.9. The number of carbonyl (C=O) groups is 2. The monoisotopic (exact) mass is 291 g/mol. The molecule has 0 spiro atoms. The van der Waals surface area contributed by atoms with E-state index in [1.54, 1.807) is 4.90 Å². The Labute approximate surface area is 123 Å². The van der Waals surface area contributed by atoms with Gasteiger partial charge in [0.2, 0.25) is 5.91 Å². The molecule has 3 amide bonds. The first-order valence-electron chi connectivity index (χ1n) is 7.50. The van der Waals surface area contributed by atoms with Crippen LogP contribution in [0.2, 0.25) is 0 Å². The van der Waals surface area contributed by atoms with E-state index in [-0.39, 0.29) is 17.9 Å². The fourth-order valence-electron chi connectivity index (χ4n) is 2.85. The zero-order valence-corrected chi connectivity index (χ0v) is 12.0. The van der Waals surface area contributed by atoms with Crippen LogP contribution in [0.3, 0.4) is 0 Å². The van der Waals surface area contributed by atoms with E-state index in [9.17, 15) is 9.59 Å². The molecule has 1 aromatic heterocycles. The van der Waals surface area contributed by atoms with Gasteiger partial charge in [-0.05, 0) is 12.8 Å². The number of nitrogens with two attached hydrogens (primary N) is 1. The summed E-state index contributed by atoms with van der Waals surface area (Å²) in [5, 5.41) is 2.99. The molecule has 3 rings (SSSR count). The smallest absolute Gasteiger partial charge is 0.314 e. The number of rotatable bonds is 3. The summed E-state index contributed by atoms with van der Waals surface area (Å²) in [6.07, 6.45) is 5.67. The number of amides is 3. The van der Waals surface area contributed by atoms with Gasteiger partial charge in [-0.2, -0.15) is 0 Å². The molecule has 1 fully saturated rings. The molecule has 0 unspecified atom stereocenters. The van der Waals surface area contributed by atoms with Crippen LogP contribution in [0.1, 0.15) is 30.8 Å². The second-order valence-corrected chi connectivity index (χ2v) is 5.74. The van der Waals surface area contributed by atoms with Gasteiger partial charge in [0.15, 0.2) is 0 Å². The molecule has 0 radical (unpaired) electrons. The molecule has 1 saturated carbocycles. The summed E-state index contributed by atoms with van der Waals surface area (Å²) in [5.74, 6) is 1.29. The van der Waals surface area contributed by atoms with Crippen molar-refractivity contribution in [3.05, 3.63) is 17.7 Å². The van der Waals surface area contributed by atoms with Crippen LogP contribution in [0.25, 0.3) is 0 Å². The van der Waals surface area contributed by atoms with Gasteiger partial charge in [0, 0.05) is 32.0 Å². The lowest BCUT2D eigenvalue weighted by atomic mass is 9.85. The van der Waals surface area contributed by atoms with Gasteiger partial charge in [0.05, 0.1) is 18.4 Å². The van der Waals surface area contributed by atoms with Crippen LogP contribution in [-0.2, 0) is 24.3 Å². The lowest BCUT2D eigenvalue weighted by Gasteiger charge is -2.24. The van der Waals surface area contributed by atoms with Gasteiger partial charge < -0.3 is 20.5 Å². The zero-order chi connectivity index (χ0) is 14.8. The summed E-state index contributed by atoms with van der Waals surface area (Å²) < 4.78 is 2.09. The summed E-state index contributed by atoms with van der Waals surface area (Å²) in [7, 11) is 0. The lowest BCUT2D eigenvalue weighted by molar-refractivity contribution is -0.127. The summed E-state index contributed by atoms with van der Waals surface area (Å²) in [6, 6.07) is -0.388. The van der Waals surface area contributed by atoms with Gasteiger partial charge in [0.1, 0.15) is 5.82 Å². The number of urea groups is 1. The molecule has 0 aromatic carbocycles. The summed E-state index contributed by atoms with van der Waals surface area (Å²) >= 11 is 0. The van der Waals surface area contributed by atoms with Gasteiger partial charge in [0.25, 0.3) is 0 Å². The second kappa shape index (κ2) is 5.75. The minimum atomic E-state index is -0.388. The third-order valence-electron chi connectivity index (χ3n) is 4.45. The van der Waals surface area contributed by atoms with Crippen LogP contribution in [0.15, 0.2) is 6.20 Å². The van der Waals surface area contributed by atoms with Crippen LogP contribution in [0, 0.1) is 5.92 Å². The van der Waals surface area contributed by atoms with Crippen LogP contribution in [-0.4, -0.2) is 39.5 Å². The minimum absolute atomic E-state index is 0.143. The van der Waals surface area contributed by atoms with E-state index in [4.69, 9.17) is 5.73 Å². The summed E-state index contributed by atoms with van der Waals surface area (Å²) in [6.45, 7) is 2.36. The van der Waals surface area contributed by atoms with Crippen molar-refractivity contribution in [3.8, 4) is 0 Å². The van der Waals surface area contributed by atoms with Crippen molar-refractivity contribution in [2.75, 3.05) is 13.1 Å². The molecule has 7 nitrogen and oxygen atoms in total. The number of nitrogens with zero attached hydrogens (tertiary/aromatic N) is 3. The first-order chi connectivity index (χ1) is 10.1. The molecular formula is C14H21N5O2. The van der Waals surface area contributed by atoms with E-state index in [1.807, 2.05) is 6.20 Å². The lowest BCUT2D eigenvalue weighted by Crippen LogP contribution is -2.38. The van der Waals surface area contributed by atoms with Crippen LogP contribution >= 0.6 is 0 Å². The molecule has 0 atom stereocenters. The van der Waals surface area contributed by atoms with E-state index in [0.717, 1.165) is 30.8 Å². The standard InChI is InChI=1S/C14H21N5O2/c15-14(21)18-5-4-12-16-8-11(19(12)7-6-18)9-17-13(20)10-2-1-3-10/h8,10H,1-7,9H2,(H2,15,21)(H,17,20). The molecule has 3 N–H and O–H groups in total. The van der Waals surface area contributed by atoms with E-state index in [0.29, 0.717) is 32.6 Å². The Morgan fingerprint density at radius 1 is 1.33 bits per heavy atom. The number of imidazole rings is 1. The van der Waals surface area contributed by atoms with Crippen LogP contribution in [0.5, 0.6) is 0 Å². The summed E-state index contributed by atoms with van der Waals surface area (Å²) in [4.78, 5) is 29.2. The predicted octanol–water partition coefficient (Wildman–Crippen LogP) is 0.236. The Balaban J connectivity index is 1.62. The first kappa shape index (κ1) is 13.9. The Morgan fingerprint density at radius 3 is 2.81 bits per heavy atom. The second-order valence-electron chi connectivity index (χ2n) is 5.74. The quantitative estimate of drug-likeness (QED) is 0.835. The van der Waals surface area contributed by atoms with Crippen molar-refractivity contribution in [1.82, 2.24) is 19.8 Å². The highest BCUT2D eigenvalue weighted by Gasteiger charge is 2.25. The molecule has 2 aliphatic rings. The van der Waals surface area contributed by atoms with E-state index >= 15 is 0 Å². The van der Waals surface area contributed by atoms with Crippen molar-refractivity contribution in [2.24, 2.45) is 11.7 Å². The number of hydrogen-bond acceptors (Lipinski definition) is 3. The molecule has 1 aromatic rings. The highest BCUT2D eigenvalue weighted by Crippen LogP contribution is 2.26. The SMILES string of the molecule is NC(=O)N1CCc2ncc(CNC(=O)C3CCC3)n2CC1. The minimum Gasteiger partial charge on any atom is -0.351 e. The highest BCUT2D eigenvalue weighted by atomic mass is 16.2. The maximum atomic E-state index is 11.9. The first-order valence-corrected chi connectivity index (χ1v) is 7.50. The van der Waals surface area contributed by atoms with Gasteiger partial charge in [-0.25, -0.2) is 9.78 Å². The Morgan fingerprint density at radius 2 is 2.14 bits per heavy atom. The van der Waals surface area contributed by atoms with Gasteiger partial charge in [-0.3, -0.25) is 4.79 Å². The number of carbonyl (C=O) groups excluding carboxylic acids is 2. The molecule has 21 heavy (non-hydrogen) atoms. The largest absolute Gasteiger partial charge is 0.351 e. The number of hydrogen-bond donors (Lipinski definition) is 2. The number of primary amides is 1. The Kier molecular flexibility index (Phi) is 3.81. The molecule has 2 heterocycles. The van der Waals surface area contributed by atoms with Crippen LogP contribution < -0.4 is 11.1 Å². The van der Waals surface area contributed by atoms with Crippen LogP contribution in [0.4, 0.5) is 4.79 Å². The fourth-order valence-corrected chi connectivity index (χ4v) is 2.85. The highest BCUT2D eigenvalue weighted by molar-refractivity contribution is 5.79. The summed E-state index contributed by atoms with van der Waals surface area (Å²) in [5.41, 5.74) is 6.32. The average Bonchev–Trinajstić information content (AvgIpc) is 2.63. The van der Waals surface area contributed by atoms with Crippen molar-refractivity contribution < 1.29 is 9.59 Å². The Hall–Kier alpha value is -2.05. The van der Waals surface area contributed by atoms with E-state index in [1.165, 1.54) is 0 Å². The van der Waals surface area contributed by atoms with E-state index in [2.05, 4.69) is 14.9 Å². The molecule has 114 valence electrons. The molecular weight excluding hydrogens is 270 g/mol. The van der Waals surface area contributed by atoms with Gasteiger partial charge in [-0.1, -0.05) is 6.42 Å². The van der Waals surface area contributed by atoms with Crippen molar-refractivity contribution in [3.63, 3.8) is 0 Å². The molecule has 0 bridgehead atoms. The molecule has 1 aliphatic heterocycles. The number of nitrogens with one attached hydrogen (secondary N) is 1. The molecule has 0 saturated heterocycles. The Bertz CT molecular complexity index is 550. The predicted molar refractivity (Wildman–Crippen MR) is 76.3 cm³/mol. The third-order valence-corrected chi connectivity index (χ3v) is 4.45. The van der Waals surface area contributed by atoms with E-state index < -0.39 is 0 Å². The maximum Gasteiger partial charge on any atom is 0.314 e. The number of aromatic nitrogens is 2. The molecule has 1 aliphatic carbocycles. The van der Waals surface area contributed by atoms with Crippen molar-refractivity contribution >= 4 is 11.9 Å². The average molecular weight is 291 g/mol. The van der Waals surface area contributed by atoms with Crippen molar-refractivity contribution in [1.29, 1.82) is 0 Å². The molecule has 7 heteroatoms. The normalized spacial score (nSPS) is 18.6. The van der Waals surface area contributed by atoms with Crippen molar-refractivity contribution in [2.45, 2.75) is 38.8 Å². The number of fused-ring (bicyclic) bond motifs is 1. The third kappa shape index (κ3) is 2.86. The van der Waals surface area contributed by atoms with Gasteiger partial charge in [-0.15, -0.1) is 0 Å². The fraction of sp³-hybridized carbons (Fsp3) is 0.643. The topological polar surface area (TPSA) is 93.2 Å².